The molecular weight excluding hydrogens is 391 g/mol. The van der Waals surface area contributed by atoms with Gasteiger partial charge in [-0.25, -0.2) is 0 Å². The Labute approximate surface area is 177 Å². The minimum absolute atomic E-state index is 0.0962. The fraction of sp³-hybridized carbons (Fsp3) is 0.348. The summed E-state index contributed by atoms with van der Waals surface area (Å²) in [7, 11) is 4.42. The maximum absolute atomic E-state index is 12.3. The van der Waals surface area contributed by atoms with Gasteiger partial charge in [0.1, 0.15) is 6.54 Å². The molecule has 28 heavy (non-hydrogen) atoms. The molecule has 5 heteroatoms. The Morgan fingerprint density at radius 3 is 2.54 bits per heavy atom. The summed E-state index contributed by atoms with van der Waals surface area (Å²) in [5.41, 5.74) is 5.31. The summed E-state index contributed by atoms with van der Waals surface area (Å²) in [6.45, 7) is 7.67. The third kappa shape index (κ3) is 4.12. The smallest absolute Gasteiger partial charge is 0.176 e. The second-order valence-electron chi connectivity index (χ2n) is 8.31. The lowest BCUT2D eigenvalue weighted by atomic mass is 9.95. The lowest BCUT2D eigenvalue weighted by Gasteiger charge is -2.33. The summed E-state index contributed by atoms with van der Waals surface area (Å²) >= 11 is 12.4. The molecule has 1 atom stereocenters. The molecule has 2 heterocycles. The van der Waals surface area contributed by atoms with Crippen LogP contribution in [0.4, 0.5) is 0 Å². The second-order valence-corrected chi connectivity index (χ2v) is 9.16. The minimum Gasteiger partial charge on any atom is -0.324 e. The maximum Gasteiger partial charge on any atom is 0.176 e. The zero-order valence-electron chi connectivity index (χ0n) is 17.1. The number of pyridine rings is 1. The van der Waals surface area contributed by atoms with Gasteiger partial charge in [-0.15, -0.1) is 0 Å². The number of halogens is 2. The maximum atomic E-state index is 12.3. The first-order valence-electron chi connectivity index (χ1n) is 9.47. The van der Waals surface area contributed by atoms with E-state index in [0.29, 0.717) is 10.0 Å². The van der Waals surface area contributed by atoms with E-state index in [1.165, 1.54) is 5.56 Å². The molecule has 3 rings (SSSR count). The second kappa shape index (κ2) is 7.90. The molecule has 0 N–H and O–H groups in total. The number of hydrogen-bond donors (Lipinski definition) is 0. The third-order valence-electron chi connectivity index (χ3n) is 5.34. The molecule has 2 aromatic heterocycles. The van der Waals surface area contributed by atoms with Gasteiger partial charge < -0.3 is 8.88 Å². The van der Waals surface area contributed by atoms with Crippen molar-refractivity contribution in [2.75, 3.05) is 20.6 Å². The molecule has 0 bridgehead atoms. The minimum atomic E-state index is 0.0962. The molecule has 0 spiro atoms. The van der Waals surface area contributed by atoms with Crippen LogP contribution in [0.15, 0.2) is 42.6 Å². The van der Waals surface area contributed by atoms with Crippen molar-refractivity contribution in [3.8, 4) is 0 Å². The van der Waals surface area contributed by atoms with E-state index in [1.807, 2.05) is 34.9 Å². The van der Waals surface area contributed by atoms with Crippen LogP contribution < -0.4 is 0 Å². The Bertz CT molecular complexity index is 1040. The van der Waals surface area contributed by atoms with E-state index in [-0.39, 0.29) is 11.7 Å². The molecule has 1 aromatic carbocycles. The van der Waals surface area contributed by atoms with Crippen LogP contribution in [0.25, 0.3) is 5.52 Å². The van der Waals surface area contributed by atoms with Crippen LogP contribution in [0.2, 0.25) is 10.0 Å². The monoisotopic (exact) mass is 417 g/mol. The lowest BCUT2D eigenvalue weighted by molar-refractivity contribution is -0.904. The Hall–Kier alpha value is -1.81. The average Bonchev–Trinajstić information content (AvgIpc) is 2.89. The van der Waals surface area contributed by atoms with Gasteiger partial charge in [0.15, 0.2) is 5.78 Å². The largest absolute Gasteiger partial charge is 0.324 e. The van der Waals surface area contributed by atoms with Crippen LogP contribution in [0.3, 0.4) is 0 Å². The molecule has 0 aliphatic carbocycles. The Morgan fingerprint density at radius 2 is 1.89 bits per heavy atom. The number of carbonyl (C=O) groups excluding carboxylic acids is 1. The molecule has 0 aliphatic heterocycles. The van der Waals surface area contributed by atoms with Crippen molar-refractivity contribution in [3.05, 3.63) is 75.0 Å². The van der Waals surface area contributed by atoms with Gasteiger partial charge >= 0.3 is 0 Å². The first kappa shape index (κ1) is 20.9. The summed E-state index contributed by atoms with van der Waals surface area (Å²) in [6.07, 6.45) is 1.97. The van der Waals surface area contributed by atoms with E-state index in [0.717, 1.165) is 39.9 Å². The molecule has 148 valence electrons. The first-order valence-corrected chi connectivity index (χ1v) is 10.2. The van der Waals surface area contributed by atoms with Crippen molar-refractivity contribution < 1.29 is 9.28 Å². The van der Waals surface area contributed by atoms with Crippen molar-refractivity contribution in [2.24, 2.45) is 0 Å². The van der Waals surface area contributed by atoms with Gasteiger partial charge in [0.25, 0.3) is 0 Å². The highest BCUT2D eigenvalue weighted by atomic mass is 35.5. The first-order chi connectivity index (χ1) is 13.1. The van der Waals surface area contributed by atoms with Crippen LogP contribution in [0.5, 0.6) is 0 Å². The highest BCUT2D eigenvalue weighted by Crippen LogP contribution is 2.32. The quantitative estimate of drug-likeness (QED) is 0.348. The molecule has 3 aromatic rings. The fourth-order valence-electron chi connectivity index (χ4n) is 4.42. The third-order valence-corrected chi connectivity index (χ3v) is 5.93. The summed E-state index contributed by atoms with van der Waals surface area (Å²) in [5, 5.41) is 1.36. The number of rotatable bonds is 6. The number of nitrogens with zero attached hydrogens (tertiary/aromatic N) is 2. The number of carbonyl (C=O) groups is 1. The summed E-state index contributed by atoms with van der Waals surface area (Å²) in [6, 6.07) is 11.8. The van der Waals surface area contributed by atoms with E-state index in [1.54, 1.807) is 13.0 Å². The van der Waals surface area contributed by atoms with Gasteiger partial charge in [-0.1, -0.05) is 42.3 Å². The number of fused-ring (bicyclic) bond motifs is 1. The highest BCUT2D eigenvalue weighted by molar-refractivity contribution is 6.35. The predicted molar refractivity (Wildman–Crippen MR) is 118 cm³/mol. The molecular formula is C23H27Cl2N2O+. The molecule has 3 nitrogen and oxygen atoms in total. The number of Topliss-reactive ketones (excluding diaryl/α,β-unsaturated/α-hetero) is 1. The van der Waals surface area contributed by atoms with Crippen molar-refractivity contribution >= 4 is 34.5 Å². The number of aromatic nitrogens is 1. The van der Waals surface area contributed by atoms with Crippen LogP contribution >= 0.6 is 23.2 Å². The topological polar surface area (TPSA) is 21.5 Å². The van der Waals surface area contributed by atoms with Gasteiger partial charge in [0, 0.05) is 35.1 Å². The summed E-state index contributed by atoms with van der Waals surface area (Å²) in [4.78, 5) is 12.3. The zero-order chi connectivity index (χ0) is 20.6. The van der Waals surface area contributed by atoms with Gasteiger partial charge in [0.2, 0.25) is 0 Å². The molecule has 1 unspecified atom stereocenters. The Balaban J connectivity index is 1.93. The van der Waals surface area contributed by atoms with E-state index in [9.17, 15) is 4.79 Å². The predicted octanol–water partition coefficient (Wildman–Crippen LogP) is 6.14. The molecule has 0 saturated carbocycles. The van der Waals surface area contributed by atoms with Crippen molar-refractivity contribution in [1.29, 1.82) is 0 Å². The van der Waals surface area contributed by atoms with Gasteiger partial charge in [-0.3, -0.25) is 4.79 Å². The van der Waals surface area contributed by atoms with Crippen molar-refractivity contribution in [3.63, 3.8) is 0 Å². The number of benzene rings is 1. The molecule has 0 aliphatic rings. The van der Waals surface area contributed by atoms with Gasteiger partial charge in [-0.05, 0) is 42.3 Å². The zero-order valence-corrected chi connectivity index (χ0v) is 18.6. The van der Waals surface area contributed by atoms with Crippen LogP contribution in [-0.4, -0.2) is 35.3 Å². The lowest BCUT2D eigenvalue weighted by Crippen LogP contribution is -2.41. The number of hydrogen-bond acceptors (Lipinski definition) is 1. The molecule has 0 radical (unpaired) electrons. The van der Waals surface area contributed by atoms with E-state index in [4.69, 9.17) is 23.2 Å². The average molecular weight is 418 g/mol. The number of ketones is 1. The van der Waals surface area contributed by atoms with Crippen molar-refractivity contribution in [2.45, 2.75) is 33.2 Å². The summed E-state index contributed by atoms with van der Waals surface area (Å²) < 4.78 is 2.81. The van der Waals surface area contributed by atoms with Gasteiger partial charge in [0.05, 0.1) is 31.4 Å². The molecule has 0 fully saturated rings. The Morgan fingerprint density at radius 1 is 1.18 bits per heavy atom. The molecule has 0 saturated heterocycles. The fourth-order valence-corrected chi connectivity index (χ4v) is 4.89. The van der Waals surface area contributed by atoms with Crippen LogP contribution in [0, 0.1) is 6.92 Å². The Kier molecular flexibility index (Phi) is 5.90. The van der Waals surface area contributed by atoms with E-state index >= 15 is 0 Å². The molecule has 0 amide bonds. The summed E-state index contributed by atoms with van der Waals surface area (Å²) in [5.74, 6) is 0.380. The van der Waals surface area contributed by atoms with E-state index in [2.05, 4.69) is 34.0 Å². The standard InChI is InChI=1S/C23H27Cl2N2O/c1-15(13-27(4,5)14-18-9-10-19(24)12-20(18)25)22-16(2)23(17(3)28)26-11-7-6-8-21(22)26/h6-12,15H,13-14H2,1-5H3/q+1. The number of quaternary nitrogens is 1. The number of likely N-dealkylation sites (N-methyl/N-ethyl adjacent to an activating group) is 1. The van der Waals surface area contributed by atoms with Crippen LogP contribution in [-0.2, 0) is 6.54 Å². The normalized spacial score (nSPS) is 13.1. The van der Waals surface area contributed by atoms with Gasteiger partial charge in [-0.2, -0.15) is 0 Å². The SMILES string of the molecule is CC(=O)c1c(C)c(C(C)C[N+](C)(C)Cc2ccc(Cl)cc2Cl)c2ccccn12. The van der Waals surface area contributed by atoms with Crippen LogP contribution in [0.1, 0.15) is 46.9 Å². The van der Waals surface area contributed by atoms with E-state index < -0.39 is 0 Å². The van der Waals surface area contributed by atoms with Crippen molar-refractivity contribution in [1.82, 2.24) is 4.40 Å². The highest BCUT2D eigenvalue weighted by Gasteiger charge is 2.27.